The maximum atomic E-state index is 14.5. The average molecular weight is 527 g/mol. The zero-order valence-electron chi connectivity index (χ0n) is 20.2. The van der Waals surface area contributed by atoms with Gasteiger partial charge in [0, 0.05) is 23.2 Å². The summed E-state index contributed by atoms with van der Waals surface area (Å²) in [5, 5.41) is 36.1. The molecule has 0 spiro atoms. The van der Waals surface area contributed by atoms with Gasteiger partial charge in [-0.15, -0.1) is 0 Å². The molecule has 38 heavy (non-hydrogen) atoms. The molecular weight excluding hydrogens is 503 g/mol. The van der Waals surface area contributed by atoms with E-state index in [9.17, 15) is 33.6 Å². The van der Waals surface area contributed by atoms with E-state index in [1.807, 2.05) is 0 Å². The molecule has 2 aliphatic heterocycles. The van der Waals surface area contributed by atoms with Gasteiger partial charge >= 0.3 is 20.2 Å². The Morgan fingerprint density at radius 2 is 1.63 bits per heavy atom. The van der Waals surface area contributed by atoms with Crippen LogP contribution in [0.15, 0.2) is 30.3 Å². The van der Waals surface area contributed by atoms with Gasteiger partial charge in [-0.25, -0.2) is 4.39 Å². The predicted octanol–water partition coefficient (Wildman–Crippen LogP) is -2.23. The van der Waals surface area contributed by atoms with Crippen LogP contribution < -0.4 is 26.9 Å². The van der Waals surface area contributed by atoms with Gasteiger partial charge in [-0.3, -0.25) is 19.2 Å². The van der Waals surface area contributed by atoms with Crippen LogP contribution in [0.1, 0.15) is 45.2 Å². The third-order valence-electron chi connectivity index (χ3n) is 6.28. The SMILES string of the molecule is CC(NC(=O)c1ccc2c(c1)B(O)OC2)C(NC(=O)c1cc(F)c2c(c1)B(O)OC2)C(=O)NCCC(=O)O. The molecule has 3 amide bonds. The summed E-state index contributed by atoms with van der Waals surface area (Å²) in [6.45, 7) is 1.26. The molecule has 2 aliphatic rings. The van der Waals surface area contributed by atoms with E-state index in [-0.39, 0.29) is 48.3 Å². The lowest BCUT2D eigenvalue weighted by Gasteiger charge is -2.25. The summed E-state index contributed by atoms with van der Waals surface area (Å²) in [6.07, 6.45) is -0.374. The predicted molar refractivity (Wildman–Crippen MR) is 131 cm³/mol. The van der Waals surface area contributed by atoms with Crippen LogP contribution in [-0.2, 0) is 32.1 Å². The molecule has 2 atom stereocenters. The Hall–Kier alpha value is -3.78. The molecule has 2 aromatic rings. The van der Waals surface area contributed by atoms with E-state index in [4.69, 9.17) is 14.4 Å². The summed E-state index contributed by atoms with van der Waals surface area (Å²) < 4.78 is 24.6. The maximum Gasteiger partial charge on any atom is 0.491 e. The van der Waals surface area contributed by atoms with Crippen LogP contribution >= 0.6 is 0 Å². The van der Waals surface area contributed by atoms with Crippen molar-refractivity contribution in [1.29, 1.82) is 0 Å². The summed E-state index contributed by atoms with van der Waals surface area (Å²) in [6, 6.07) is 4.38. The number of hydrogen-bond acceptors (Lipinski definition) is 8. The van der Waals surface area contributed by atoms with Crippen LogP contribution in [-0.4, -0.2) is 71.7 Å². The molecule has 0 aromatic heterocycles. The highest BCUT2D eigenvalue weighted by atomic mass is 19.1. The van der Waals surface area contributed by atoms with Crippen LogP contribution in [0.4, 0.5) is 4.39 Å². The molecule has 0 saturated heterocycles. The fraction of sp³-hybridized carbons (Fsp3) is 0.304. The van der Waals surface area contributed by atoms with Crippen LogP contribution in [0.25, 0.3) is 0 Å². The van der Waals surface area contributed by atoms with E-state index >= 15 is 0 Å². The van der Waals surface area contributed by atoms with Gasteiger partial charge in [0.1, 0.15) is 11.9 Å². The van der Waals surface area contributed by atoms with E-state index in [0.29, 0.717) is 5.46 Å². The second kappa shape index (κ2) is 11.3. The number of rotatable bonds is 9. The molecule has 4 rings (SSSR count). The van der Waals surface area contributed by atoms with Crippen molar-refractivity contribution in [3.63, 3.8) is 0 Å². The van der Waals surface area contributed by atoms with Gasteiger partial charge in [0.2, 0.25) is 5.91 Å². The van der Waals surface area contributed by atoms with Gasteiger partial charge in [-0.05, 0) is 47.7 Å². The summed E-state index contributed by atoms with van der Waals surface area (Å²) >= 11 is 0. The second-order valence-corrected chi connectivity index (χ2v) is 8.91. The first-order chi connectivity index (χ1) is 18.0. The molecule has 2 unspecified atom stereocenters. The lowest BCUT2D eigenvalue weighted by Crippen LogP contribution is -2.57. The third-order valence-corrected chi connectivity index (χ3v) is 6.28. The maximum absolute atomic E-state index is 14.5. The van der Waals surface area contributed by atoms with E-state index in [0.717, 1.165) is 11.6 Å². The number of carboxylic acid groups (broad SMARTS) is 1. The molecule has 12 nitrogen and oxygen atoms in total. The minimum atomic E-state index is -1.41. The first kappa shape index (κ1) is 27.3. The summed E-state index contributed by atoms with van der Waals surface area (Å²) in [4.78, 5) is 49.6. The van der Waals surface area contributed by atoms with Crippen molar-refractivity contribution in [1.82, 2.24) is 16.0 Å². The summed E-state index contributed by atoms with van der Waals surface area (Å²) in [5.74, 6) is -4.18. The third kappa shape index (κ3) is 5.86. The molecule has 0 aliphatic carbocycles. The zero-order valence-corrected chi connectivity index (χ0v) is 20.2. The highest BCUT2D eigenvalue weighted by Gasteiger charge is 2.34. The van der Waals surface area contributed by atoms with E-state index in [1.54, 1.807) is 6.07 Å². The number of hydrogen-bond donors (Lipinski definition) is 6. The Balaban J connectivity index is 1.52. The average Bonchev–Trinajstić information content (AvgIpc) is 3.44. The first-order valence-electron chi connectivity index (χ1n) is 11.7. The molecule has 198 valence electrons. The van der Waals surface area contributed by atoms with Crippen LogP contribution in [0.3, 0.4) is 0 Å². The number of nitrogens with one attached hydrogen (secondary N) is 3. The molecule has 2 heterocycles. The minimum Gasteiger partial charge on any atom is -0.481 e. The lowest BCUT2D eigenvalue weighted by molar-refractivity contribution is -0.137. The van der Waals surface area contributed by atoms with Crippen LogP contribution in [0.5, 0.6) is 0 Å². The number of fused-ring (bicyclic) bond motifs is 2. The Bertz CT molecular complexity index is 1300. The van der Waals surface area contributed by atoms with Gasteiger partial charge in [-0.2, -0.15) is 0 Å². The standard InChI is InChI=1S/C23H24B2FN3O9/c1-11(28-21(32)12-2-3-13-9-37-24(35)16(13)6-12)20(23(34)27-5-4-19(30)31)29-22(33)14-7-17-15(18(26)8-14)10-38-25(17)36/h2-3,6-8,11,20,35-36H,4-5,9-10H2,1H3,(H,27,34)(H,28,32)(H,29,33)(H,30,31). The van der Waals surface area contributed by atoms with Gasteiger partial charge in [0.25, 0.3) is 11.8 Å². The zero-order chi connectivity index (χ0) is 27.6. The van der Waals surface area contributed by atoms with E-state index in [1.165, 1.54) is 25.1 Å². The van der Waals surface area contributed by atoms with Gasteiger partial charge in [0.05, 0.1) is 25.7 Å². The first-order valence-corrected chi connectivity index (χ1v) is 11.7. The topological polar surface area (TPSA) is 184 Å². The molecule has 6 N–H and O–H groups in total. The fourth-order valence-corrected chi connectivity index (χ4v) is 4.19. The second-order valence-electron chi connectivity index (χ2n) is 8.91. The van der Waals surface area contributed by atoms with E-state index < -0.39 is 55.8 Å². The van der Waals surface area contributed by atoms with E-state index in [2.05, 4.69) is 16.0 Å². The molecule has 2 aromatic carbocycles. The smallest absolute Gasteiger partial charge is 0.481 e. The monoisotopic (exact) mass is 527 g/mol. The van der Waals surface area contributed by atoms with Crippen molar-refractivity contribution in [2.75, 3.05) is 6.54 Å². The molecule has 15 heteroatoms. The van der Waals surface area contributed by atoms with Crippen LogP contribution in [0.2, 0.25) is 0 Å². The highest BCUT2D eigenvalue weighted by molar-refractivity contribution is 6.62. The molecule has 0 radical (unpaired) electrons. The fourth-order valence-electron chi connectivity index (χ4n) is 4.19. The van der Waals surface area contributed by atoms with Crippen molar-refractivity contribution in [3.8, 4) is 0 Å². The van der Waals surface area contributed by atoms with Crippen molar-refractivity contribution >= 4 is 48.9 Å². The van der Waals surface area contributed by atoms with Crippen LogP contribution in [0, 0.1) is 5.82 Å². The van der Waals surface area contributed by atoms with Crippen molar-refractivity contribution in [3.05, 3.63) is 58.4 Å². The largest absolute Gasteiger partial charge is 0.491 e. The lowest BCUT2D eigenvalue weighted by atomic mass is 9.78. The Morgan fingerprint density at radius 1 is 0.974 bits per heavy atom. The highest BCUT2D eigenvalue weighted by Crippen LogP contribution is 2.17. The Labute approximate surface area is 216 Å². The normalized spacial score (nSPS) is 15.4. The van der Waals surface area contributed by atoms with Gasteiger partial charge in [-0.1, -0.05) is 6.07 Å². The van der Waals surface area contributed by atoms with Gasteiger partial charge < -0.3 is 40.4 Å². The molecule has 0 bridgehead atoms. The number of benzene rings is 2. The number of carboxylic acids is 1. The van der Waals surface area contributed by atoms with Crippen molar-refractivity contribution < 1.29 is 48.0 Å². The number of carbonyl (C=O) groups is 4. The summed E-state index contributed by atoms with van der Waals surface area (Å²) in [7, 11) is -2.57. The minimum absolute atomic E-state index is 0.0849. The quantitative estimate of drug-likeness (QED) is 0.197. The number of amides is 3. The summed E-state index contributed by atoms with van der Waals surface area (Å²) in [5.41, 5.74) is 1.34. The Morgan fingerprint density at radius 3 is 2.37 bits per heavy atom. The van der Waals surface area contributed by atoms with Crippen molar-refractivity contribution in [2.45, 2.75) is 38.6 Å². The number of halogens is 1. The number of aliphatic carboxylic acids is 1. The molecule has 0 saturated carbocycles. The van der Waals surface area contributed by atoms with Gasteiger partial charge in [0.15, 0.2) is 0 Å². The van der Waals surface area contributed by atoms with Crippen molar-refractivity contribution in [2.24, 2.45) is 0 Å². The molecule has 0 fully saturated rings. The number of carbonyl (C=O) groups excluding carboxylic acids is 3. The molecular formula is C23H24B2FN3O9. The Kier molecular flexibility index (Phi) is 8.11.